The Hall–Kier alpha value is -4.27. The van der Waals surface area contributed by atoms with Crippen LogP contribution in [0.2, 0.25) is 0 Å². The quantitative estimate of drug-likeness (QED) is 0.331. The average Bonchev–Trinajstić information content (AvgIpc) is 3.13. The minimum atomic E-state index is 0.645. The molecule has 0 N–H and O–H groups in total. The van der Waals surface area contributed by atoms with E-state index >= 15 is 0 Å². The molecular formula is C27H16N2. The van der Waals surface area contributed by atoms with Crippen molar-refractivity contribution in [2.45, 2.75) is 0 Å². The van der Waals surface area contributed by atoms with Crippen LogP contribution in [0.5, 0.6) is 0 Å². The number of hydrogen-bond donors (Lipinski definition) is 0. The van der Waals surface area contributed by atoms with E-state index in [0.717, 1.165) is 16.8 Å². The van der Waals surface area contributed by atoms with Crippen molar-refractivity contribution >= 4 is 21.8 Å². The smallest absolute Gasteiger partial charge is 0.0991 e. The van der Waals surface area contributed by atoms with Crippen molar-refractivity contribution in [3.63, 3.8) is 0 Å². The molecule has 0 unspecified atom stereocenters. The molecule has 29 heavy (non-hydrogen) atoms. The van der Waals surface area contributed by atoms with Crippen LogP contribution < -0.4 is 0 Å². The lowest BCUT2D eigenvalue weighted by Crippen LogP contribution is -1.93. The van der Waals surface area contributed by atoms with Crippen LogP contribution in [0.1, 0.15) is 16.7 Å². The Labute approximate surface area is 169 Å². The Kier molecular flexibility index (Phi) is 4.10. The third-order valence-corrected chi connectivity index (χ3v) is 5.07. The fraction of sp³-hybridized carbons (Fsp3) is 0. The predicted molar refractivity (Wildman–Crippen MR) is 118 cm³/mol. The number of para-hydroxylation sites is 2. The van der Waals surface area contributed by atoms with Crippen molar-refractivity contribution in [2.75, 3.05) is 0 Å². The fourth-order valence-corrected chi connectivity index (χ4v) is 3.67. The molecule has 4 aromatic carbocycles. The van der Waals surface area contributed by atoms with Crippen LogP contribution in [0.15, 0.2) is 97.1 Å². The van der Waals surface area contributed by atoms with Gasteiger partial charge in [-0.3, -0.25) is 0 Å². The molecule has 0 saturated heterocycles. The van der Waals surface area contributed by atoms with E-state index in [9.17, 15) is 0 Å². The predicted octanol–water partition coefficient (Wildman–Crippen LogP) is 6.06. The van der Waals surface area contributed by atoms with Crippen molar-refractivity contribution in [2.24, 2.45) is 0 Å². The van der Waals surface area contributed by atoms with Crippen molar-refractivity contribution in [1.29, 1.82) is 5.26 Å². The molecule has 1 heterocycles. The van der Waals surface area contributed by atoms with Gasteiger partial charge in [-0.15, -0.1) is 0 Å². The van der Waals surface area contributed by atoms with Gasteiger partial charge in [0.15, 0.2) is 0 Å². The zero-order valence-electron chi connectivity index (χ0n) is 15.6. The van der Waals surface area contributed by atoms with Crippen molar-refractivity contribution in [3.05, 3.63) is 114 Å². The van der Waals surface area contributed by atoms with Gasteiger partial charge in [0, 0.05) is 27.6 Å². The molecule has 0 bridgehead atoms. The zero-order valence-corrected chi connectivity index (χ0v) is 15.6. The van der Waals surface area contributed by atoms with Gasteiger partial charge >= 0.3 is 0 Å². The molecule has 5 rings (SSSR count). The first-order chi connectivity index (χ1) is 14.3. The van der Waals surface area contributed by atoms with Crippen LogP contribution in [0.25, 0.3) is 27.5 Å². The standard InChI is InChI=1S/C27H16N2/c28-19-22-13-11-20(12-14-22)9-10-21-15-17-23(18-16-21)29-26-7-3-1-5-24(26)25-6-2-4-8-27(25)29/h1-8,11-18H. The van der Waals surface area contributed by atoms with Crippen LogP contribution in [-0.2, 0) is 0 Å². The number of fused-ring (bicyclic) bond motifs is 3. The first kappa shape index (κ1) is 16.9. The molecular weight excluding hydrogens is 352 g/mol. The number of benzene rings is 4. The maximum Gasteiger partial charge on any atom is 0.0991 e. The maximum atomic E-state index is 8.88. The Morgan fingerprint density at radius 1 is 0.517 bits per heavy atom. The highest BCUT2D eigenvalue weighted by molar-refractivity contribution is 6.09. The topological polar surface area (TPSA) is 28.7 Å². The Bertz CT molecular complexity index is 1380. The van der Waals surface area contributed by atoms with Gasteiger partial charge in [-0.2, -0.15) is 5.26 Å². The molecule has 0 saturated carbocycles. The summed E-state index contributed by atoms with van der Waals surface area (Å²) in [6, 6.07) is 34.8. The van der Waals surface area contributed by atoms with Gasteiger partial charge in [0.1, 0.15) is 0 Å². The molecule has 1 aromatic heterocycles. The van der Waals surface area contributed by atoms with E-state index in [1.807, 2.05) is 12.1 Å². The maximum absolute atomic E-state index is 8.88. The van der Waals surface area contributed by atoms with Crippen molar-refractivity contribution in [1.82, 2.24) is 4.57 Å². The molecule has 0 aliphatic rings. The van der Waals surface area contributed by atoms with Crippen LogP contribution in [0.3, 0.4) is 0 Å². The highest BCUT2D eigenvalue weighted by Crippen LogP contribution is 2.31. The molecule has 0 amide bonds. The lowest BCUT2D eigenvalue weighted by Gasteiger charge is -2.07. The third-order valence-electron chi connectivity index (χ3n) is 5.07. The molecule has 0 atom stereocenters. The normalized spacial score (nSPS) is 10.4. The van der Waals surface area contributed by atoms with Crippen LogP contribution in [0.4, 0.5) is 0 Å². The van der Waals surface area contributed by atoms with E-state index in [0.29, 0.717) is 5.56 Å². The van der Waals surface area contributed by atoms with Gasteiger partial charge in [0.05, 0.1) is 22.7 Å². The molecule has 0 aliphatic heterocycles. The number of nitriles is 1. The summed E-state index contributed by atoms with van der Waals surface area (Å²) in [5.74, 6) is 6.36. The molecule has 2 heteroatoms. The highest BCUT2D eigenvalue weighted by atomic mass is 15.0. The first-order valence-corrected chi connectivity index (χ1v) is 9.44. The van der Waals surface area contributed by atoms with Crippen molar-refractivity contribution < 1.29 is 0 Å². The van der Waals surface area contributed by atoms with Crippen LogP contribution >= 0.6 is 0 Å². The minimum absolute atomic E-state index is 0.645. The van der Waals surface area contributed by atoms with E-state index in [1.165, 1.54) is 21.8 Å². The number of rotatable bonds is 1. The monoisotopic (exact) mass is 368 g/mol. The summed E-state index contributed by atoms with van der Waals surface area (Å²) in [6.07, 6.45) is 0. The summed E-state index contributed by atoms with van der Waals surface area (Å²) in [7, 11) is 0. The van der Waals surface area contributed by atoms with Crippen molar-refractivity contribution in [3.8, 4) is 23.6 Å². The summed E-state index contributed by atoms with van der Waals surface area (Å²) in [6.45, 7) is 0. The summed E-state index contributed by atoms with van der Waals surface area (Å²) in [5, 5.41) is 11.4. The van der Waals surface area contributed by atoms with Crippen LogP contribution in [0, 0.1) is 23.2 Å². The highest BCUT2D eigenvalue weighted by Gasteiger charge is 2.10. The SMILES string of the molecule is N#Cc1ccc(C#Cc2ccc(-n3c4ccccc4c4ccccc43)cc2)cc1. The van der Waals surface area contributed by atoms with Gasteiger partial charge in [-0.05, 0) is 60.7 Å². The number of hydrogen-bond acceptors (Lipinski definition) is 1. The van der Waals surface area contributed by atoms with Gasteiger partial charge in [-0.1, -0.05) is 48.2 Å². The van der Waals surface area contributed by atoms with E-state index in [-0.39, 0.29) is 0 Å². The van der Waals surface area contributed by atoms with Gasteiger partial charge in [-0.25, -0.2) is 0 Å². The second-order valence-electron chi connectivity index (χ2n) is 6.86. The molecule has 0 spiro atoms. The van der Waals surface area contributed by atoms with E-state index < -0.39 is 0 Å². The summed E-state index contributed by atoms with van der Waals surface area (Å²) in [5.41, 5.74) is 6.02. The average molecular weight is 368 g/mol. The second-order valence-corrected chi connectivity index (χ2v) is 6.86. The Morgan fingerprint density at radius 3 is 1.48 bits per heavy atom. The summed E-state index contributed by atoms with van der Waals surface area (Å²) < 4.78 is 2.29. The Morgan fingerprint density at radius 2 is 0.966 bits per heavy atom. The summed E-state index contributed by atoms with van der Waals surface area (Å²) in [4.78, 5) is 0. The Balaban J connectivity index is 1.54. The lowest BCUT2D eigenvalue weighted by atomic mass is 10.1. The first-order valence-electron chi connectivity index (χ1n) is 9.44. The fourth-order valence-electron chi connectivity index (χ4n) is 3.67. The third kappa shape index (κ3) is 3.04. The van der Waals surface area contributed by atoms with E-state index in [1.54, 1.807) is 12.1 Å². The molecule has 134 valence electrons. The minimum Gasteiger partial charge on any atom is -0.309 e. The molecule has 2 nitrogen and oxygen atoms in total. The summed E-state index contributed by atoms with van der Waals surface area (Å²) >= 11 is 0. The molecule has 5 aromatic rings. The number of aromatic nitrogens is 1. The van der Waals surface area contributed by atoms with E-state index in [4.69, 9.17) is 5.26 Å². The molecule has 0 fully saturated rings. The zero-order chi connectivity index (χ0) is 19.6. The molecule has 0 aliphatic carbocycles. The van der Waals surface area contributed by atoms with Gasteiger partial charge in [0.25, 0.3) is 0 Å². The van der Waals surface area contributed by atoms with Gasteiger partial charge < -0.3 is 4.57 Å². The lowest BCUT2D eigenvalue weighted by molar-refractivity contribution is 1.18. The molecule has 0 radical (unpaired) electrons. The van der Waals surface area contributed by atoms with E-state index in [2.05, 4.69) is 95.3 Å². The van der Waals surface area contributed by atoms with Crippen LogP contribution in [-0.4, -0.2) is 4.57 Å². The van der Waals surface area contributed by atoms with Gasteiger partial charge in [0.2, 0.25) is 0 Å². The largest absolute Gasteiger partial charge is 0.309 e. The number of nitrogens with zero attached hydrogens (tertiary/aromatic N) is 2. The second kappa shape index (κ2) is 7.04.